The molecule has 0 radical (unpaired) electrons. The number of amides is 1. The molecule has 2 fully saturated rings. The van der Waals surface area contributed by atoms with Crippen molar-refractivity contribution >= 4 is 17.2 Å². The van der Waals surface area contributed by atoms with Gasteiger partial charge in [-0.1, -0.05) is 19.9 Å². The molecule has 3 nitrogen and oxygen atoms in total. The highest BCUT2D eigenvalue weighted by atomic mass is 32.1. The van der Waals surface area contributed by atoms with Crippen molar-refractivity contribution in [3.05, 3.63) is 22.4 Å². The molecule has 3 rings (SSSR count). The Labute approximate surface area is 119 Å². The summed E-state index contributed by atoms with van der Waals surface area (Å²) < 4.78 is 0. The lowest BCUT2D eigenvalue weighted by molar-refractivity contribution is -0.130. The zero-order valence-electron chi connectivity index (χ0n) is 11.7. The van der Waals surface area contributed by atoms with E-state index in [1.165, 1.54) is 11.3 Å². The van der Waals surface area contributed by atoms with Gasteiger partial charge in [0.15, 0.2) is 0 Å². The quantitative estimate of drug-likeness (QED) is 0.897. The van der Waals surface area contributed by atoms with Gasteiger partial charge in [0.25, 0.3) is 0 Å². The molecule has 1 aliphatic carbocycles. The molecule has 1 spiro atoms. The minimum atomic E-state index is -0.202. The van der Waals surface area contributed by atoms with Crippen molar-refractivity contribution in [3.8, 4) is 0 Å². The topological polar surface area (TPSA) is 32.3 Å². The van der Waals surface area contributed by atoms with Gasteiger partial charge in [-0.15, -0.1) is 11.3 Å². The molecule has 2 aliphatic rings. The fourth-order valence-corrected chi connectivity index (χ4v) is 3.64. The van der Waals surface area contributed by atoms with Crippen molar-refractivity contribution in [2.45, 2.75) is 51.2 Å². The molecule has 19 heavy (non-hydrogen) atoms. The molecular formula is C15H22N2OS. The van der Waals surface area contributed by atoms with E-state index in [1.807, 2.05) is 0 Å². The summed E-state index contributed by atoms with van der Waals surface area (Å²) in [6, 6.07) is 4.20. The number of rotatable bonds is 5. The van der Waals surface area contributed by atoms with E-state index in [9.17, 15) is 4.79 Å². The first-order chi connectivity index (χ1) is 9.12. The van der Waals surface area contributed by atoms with Crippen LogP contribution in [0.15, 0.2) is 17.5 Å². The number of carbonyl (C=O) groups is 1. The van der Waals surface area contributed by atoms with E-state index in [4.69, 9.17) is 0 Å². The lowest BCUT2D eigenvalue weighted by atomic mass is 10.1. The number of carbonyl (C=O) groups excluding carboxylic acids is 1. The zero-order chi connectivity index (χ0) is 13.5. The molecule has 1 unspecified atom stereocenters. The molecule has 1 amide bonds. The van der Waals surface area contributed by atoms with E-state index in [-0.39, 0.29) is 11.7 Å². The van der Waals surface area contributed by atoms with E-state index >= 15 is 0 Å². The maximum atomic E-state index is 12.5. The van der Waals surface area contributed by atoms with Crippen LogP contribution in [0, 0.1) is 5.92 Å². The third-order valence-corrected chi connectivity index (χ3v) is 5.06. The van der Waals surface area contributed by atoms with Gasteiger partial charge in [-0.05, 0) is 43.0 Å². The SMILES string of the molecule is CC(C)CCCN1C(=O)C2(CC2)NC1c1cccs1. The molecule has 1 aromatic rings. The molecule has 2 heterocycles. The Balaban J connectivity index is 1.72. The molecule has 104 valence electrons. The normalized spacial score (nSPS) is 24.7. The lowest BCUT2D eigenvalue weighted by Crippen LogP contribution is -2.33. The largest absolute Gasteiger partial charge is 0.320 e. The van der Waals surface area contributed by atoms with Gasteiger partial charge in [0, 0.05) is 11.4 Å². The number of thiophene rings is 1. The maximum Gasteiger partial charge on any atom is 0.244 e. The summed E-state index contributed by atoms with van der Waals surface area (Å²) in [5.41, 5.74) is -0.202. The minimum Gasteiger partial charge on any atom is -0.320 e. The van der Waals surface area contributed by atoms with Gasteiger partial charge in [-0.25, -0.2) is 0 Å². The first-order valence-corrected chi connectivity index (χ1v) is 8.12. The molecule has 0 aromatic carbocycles. The number of nitrogens with one attached hydrogen (secondary N) is 1. The van der Waals surface area contributed by atoms with Crippen LogP contribution in [0.5, 0.6) is 0 Å². The van der Waals surface area contributed by atoms with E-state index in [0.29, 0.717) is 11.8 Å². The minimum absolute atomic E-state index is 0.113. The summed E-state index contributed by atoms with van der Waals surface area (Å²) in [6.07, 6.45) is 4.42. The third kappa shape index (κ3) is 2.43. The predicted octanol–water partition coefficient (Wildman–Crippen LogP) is 3.15. The molecule has 4 heteroatoms. The molecular weight excluding hydrogens is 256 g/mol. The van der Waals surface area contributed by atoms with Crippen molar-refractivity contribution < 1.29 is 4.79 Å². The molecule has 1 saturated heterocycles. The fourth-order valence-electron chi connectivity index (χ4n) is 2.85. The van der Waals surface area contributed by atoms with E-state index < -0.39 is 0 Å². The van der Waals surface area contributed by atoms with Crippen LogP contribution in [0.25, 0.3) is 0 Å². The van der Waals surface area contributed by atoms with Crippen molar-refractivity contribution in [2.24, 2.45) is 5.92 Å². The van der Waals surface area contributed by atoms with Gasteiger partial charge in [-0.2, -0.15) is 0 Å². The second-order valence-corrected chi connectivity index (χ2v) is 7.16. The van der Waals surface area contributed by atoms with Crippen molar-refractivity contribution in [3.63, 3.8) is 0 Å². The second-order valence-electron chi connectivity index (χ2n) is 6.18. The monoisotopic (exact) mass is 278 g/mol. The molecule has 1 N–H and O–H groups in total. The van der Waals surface area contributed by atoms with Crippen molar-refractivity contribution in [1.82, 2.24) is 10.2 Å². The Morgan fingerprint density at radius 2 is 2.32 bits per heavy atom. The highest BCUT2D eigenvalue weighted by molar-refractivity contribution is 7.10. The highest BCUT2D eigenvalue weighted by Gasteiger charge is 2.59. The Morgan fingerprint density at radius 3 is 2.89 bits per heavy atom. The van der Waals surface area contributed by atoms with Crippen LogP contribution in [-0.2, 0) is 4.79 Å². The molecule has 1 aliphatic heterocycles. The molecule has 1 saturated carbocycles. The van der Waals surface area contributed by atoms with E-state index in [1.54, 1.807) is 11.3 Å². The summed E-state index contributed by atoms with van der Waals surface area (Å²) in [6.45, 7) is 5.36. The molecule has 1 atom stereocenters. The lowest BCUT2D eigenvalue weighted by Gasteiger charge is -2.23. The summed E-state index contributed by atoms with van der Waals surface area (Å²) in [5.74, 6) is 1.04. The standard InChI is InChI=1S/C15H22N2OS/c1-11(2)5-3-9-17-13(12-6-4-10-19-12)16-15(7-8-15)14(17)18/h4,6,10-11,13,16H,3,5,7-9H2,1-2H3. The Kier molecular flexibility index (Phi) is 3.39. The van der Waals surface area contributed by atoms with Crippen LogP contribution < -0.4 is 5.32 Å². The Morgan fingerprint density at radius 1 is 1.53 bits per heavy atom. The number of nitrogens with zero attached hydrogens (tertiary/aromatic N) is 1. The van der Waals surface area contributed by atoms with Crippen LogP contribution in [-0.4, -0.2) is 22.9 Å². The van der Waals surface area contributed by atoms with Gasteiger partial charge in [-0.3, -0.25) is 10.1 Å². The Bertz CT molecular complexity index is 451. The van der Waals surface area contributed by atoms with Crippen LogP contribution >= 0.6 is 11.3 Å². The van der Waals surface area contributed by atoms with Gasteiger partial charge < -0.3 is 4.90 Å². The predicted molar refractivity (Wildman–Crippen MR) is 77.9 cm³/mol. The second kappa shape index (κ2) is 4.91. The van der Waals surface area contributed by atoms with E-state index in [2.05, 4.69) is 41.6 Å². The third-order valence-electron chi connectivity index (χ3n) is 4.14. The Hall–Kier alpha value is -0.870. The van der Waals surface area contributed by atoms with Gasteiger partial charge in [0.2, 0.25) is 5.91 Å². The van der Waals surface area contributed by atoms with Crippen LogP contribution in [0.2, 0.25) is 0 Å². The average molecular weight is 278 g/mol. The maximum absolute atomic E-state index is 12.5. The van der Waals surface area contributed by atoms with Crippen molar-refractivity contribution in [1.29, 1.82) is 0 Å². The average Bonchev–Trinajstić information content (AvgIpc) is 2.84. The summed E-state index contributed by atoms with van der Waals surface area (Å²) in [4.78, 5) is 15.9. The van der Waals surface area contributed by atoms with Gasteiger partial charge in [0.1, 0.15) is 11.7 Å². The zero-order valence-corrected chi connectivity index (χ0v) is 12.5. The number of hydrogen-bond donors (Lipinski definition) is 1. The molecule has 1 aromatic heterocycles. The first-order valence-electron chi connectivity index (χ1n) is 7.24. The van der Waals surface area contributed by atoms with Crippen LogP contribution in [0.4, 0.5) is 0 Å². The van der Waals surface area contributed by atoms with Crippen molar-refractivity contribution in [2.75, 3.05) is 6.54 Å². The highest BCUT2D eigenvalue weighted by Crippen LogP contribution is 2.46. The van der Waals surface area contributed by atoms with Crippen LogP contribution in [0.1, 0.15) is 50.6 Å². The summed E-state index contributed by atoms with van der Waals surface area (Å²) in [7, 11) is 0. The first kappa shape index (κ1) is 13.1. The smallest absolute Gasteiger partial charge is 0.244 e. The van der Waals surface area contributed by atoms with Gasteiger partial charge >= 0.3 is 0 Å². The molecule has 0 bridgehead atoms. The summed E-state index contributed by atoms with van der Waals surface area (Å²) in [5, 5.41) is 5.66. The van der Waals surface area contributed by atoms with Crippen LogP contribution in [0.3, 0.4) is 0 Å². The fraction of sp³-hybridized carbons (Fsp3) is 0.667. The van der Waals surface area contributed by atoms with Gasteiger partial charge in [0.05, 0.1) is 0 Å². The van der Waals surface area contributed by atoms with E-state index in [0.717, 1.165) is 25.8 Å². The summed E-state index contributed by atoms with van der Waals surface area (Å²) >= 11 is 1.74. The number of hydrogen-bond acceptors (Lipinski definition) is 3.